The van der Waals surface area contributed by atoms with Crippen molar-refractivity contribution in [3.63, 3.8) is 0 Å². The van der Waals surface area contributed by atoms with Crippen LogP contribution in [0.3, 0.4) is 0 Å². The van der Waals surface area contributed by atoms with Crippen molar-refractivity contribution in [2.45, 2.75) is 5.03 Å². The highest BCUT2D eigenvalue weighted by molar-refractivity contribution is 7.98. The van der Waals surface area contributed by atoms with Gasteiger partial charge in [0.1, 0.15) is 16.9 Å². The van der Waals surface area contributed by atoms with E-state index in [-0.39, 0.29) is 5.56 Å². The number of pyridine rings is 1. The molecule has 0 spiro atoms. The summed E-state index contributed by atoms with van der Waals surface area (Å²) in [7, 11) is 0. The third kappa shape index (κ3) is 1.51. The lowest BCUT2D eigenvalue weighted by atomic mass is 10.1. The van der Waals surface area contributed by atoms with Gasteiger partial charge in [0.15, 0.2) is 0 Å². The summed E-state index contributed by atoms with van der Waals surface area (Å²) in [5.74, 6) is 0. The highest BCUT2D eigenvalue weighted by Crippen LogP contribution is 2.24. The maximum atomic E-state index is 11.9. The maximum Gasteiger partial charge on any atom is 0.256 e. The molecular formula is C12H9N3OS. The molecule has 1 N–H and O–H groups in total. The quantitative estimate of drug-likeness (QED) is 0.404. The van der Waals surface area contributed by atoms with E-state index in [4.69, 9.17) is 0 Å². The molecule has 3 rings (SSSR count). The lowest BCUT2D eigenvalue weighted by Crippen LogP contribution is -2.07. The van der Waals surface area contributed by atoms with Gasteiger partial charge in [0, 0.05) is 10.8 Å². The standard InChI is InChI=1S/C12H9N3OS/c1-17-12-10-9(13-6-14-12)7-4-2-3-5-8(7)11(16)15-10/h2-6H,1H3,(H,15,16). The number of aromatic nitrogens is 3. The molecule has 0 atom stereocenters. The zero-order valence-electron chi connectivity index (χ0n) is 9.10. The van der Waals surface area contributed by atoms with Crippen molar-refractivity contribution in [3.8, 4) is 0 Å². The predicted octanol–water partition coefficient (Wildman–Crippen LogP) is 2.19. The molecule has 0 aliphatic heterocycles. The van der Waals surface area contributed by atoms with Crippen LogP contribution in [-0.4, -0.2) is 21.2 Å². The van der Waals surface area contributed by atoms with Gasteiger partial charge in [0.2, 0.25) is 0 Å². The summed E-state index contributed by atoms with van der Waals surface area (Å²) in [6.07, 6.45) is 3.45. The molecule has 0 saturated heterocycles. The molecule has 0 fully saturated rings. The molecule has 0 unspecified atom stereocenters. The predicted molar refractivity (Wildman–Crippen MR) is 69.4 cm³/mol. The van der Waals surface area contributed by atoms with Crippen molar-refractivity contribution in [1.82, 2.24) is 15.0 Å². The molecule has 0 amide bonds. The first-order valence-electron chi connectivity index (χ1n) is 5.11. The second kappa shape index (κ2) is 3.85. The van der Waals surface area contributed by atoms with Crippen molar-refractivity contribution in [3.05, 3.63) is 40.9 Å². The van der Waals surface area contributed by atoms with Gasteiger partial charge in [-0.2, -0.15) is 0 Å². The number of benzene rings is 1. The molecule has 2 aromatic heterocycles. The van der Waals surface area contributed by atoms with Crippen molar-refractivity contribution >= 4 is 33.6 Å². The molecule has 0 aliphatic carbocycles. The first-order chi connectivity index (χ1) is 8.31. The summed E-state index contributed by atoms with van der Waals surface area (Å²) in [6.45, 7) is 0. The highest BCUT2D eigenvalue weighted by Gasteiger charge is 2.09. The molecule has 3 aromatic rings. The first kappa shape index (κ1) is 10.3. The van der Waals surface area contributed by atoms with Crippen LogP contribution in [0, 0.1) is 0 Å². The molecular weight excluding hydrogens is 234 g/mol. The van der Waals surface area contributed by atoms with E-state index >= 15 is 0 Å². The van der Waals surface area contributed by atoms with Gasteiger partial charge < -0.3 is 4.98 Å². The normalized spacial score (nSPS) is 11.1. The van der Waals surface area contributed by atoms with Crippen LogP contribution in [0.4, 0.5) is 0 Å². The van der Waals surface area contributed by atoms with Gasteiger partial charge in [0.25, 0.3) is 5.56 Å². The van der Waals surface area contributed by atoms with E-state index in [1.807, 2.05) is 24.5 Å². The third-order valence-corrected chi connectivity index (χ3v) is 3.37. The highest BCUT2D eigenvalue weighted by atomic mass is 32.2. The largest absolute Gasteiger partial charge is 0.318 e. The Morgan fingerprint density at radius 2 is 1.94 bits per heavy atom. The van der Waals surface area contributed by atoms with Crippen molar-refractivity contribution in [1.29, 1.82) is 0 Å². The Kier molecular flexibility index (Phi) is 2.33. The topological polar surface area (TPSA) is 58.6 Å². The number of hydrogen-bond donors (Lipinski definition) is 1. The lowest BCUT2D eigenvalue weighted by Gasteiger charge is -2.04. The van der Waals surface area contributed by atoms with Crippen molar-refractivity contribution in [2.75, 3.05) is 6.26 Å². The SMILES string of the molecule is CSc1ncnc2c1[nH]c(=O)c1ccccc12. The van der Waals surface area contributed by atoms with E-state index in [1.54, 1.807) is 6.07 Å². The fraction of sp³-hybridized carbons (Fsp3) is 0.0833. The third-order valence-electron chi connectivity index (χ3n) is 2.67. The summed E-state index contributed by atoms with van der Waals surface area (Å²) in [5, 5.41) is 2.31. The fourth-order valence-corrected chi connectivity index (χ4v) is 2.41. The summed E-state index contributed by atoms with van der Waals surface area (Å²) in [5.41, 5.74) is 1.40. The van der Waals surface area contributed by atoms with E-state index in [2.05, 4.69) is 15.0 Å². The summed E-state index contributed by atoms with van der Waals surface area (Å²) >= 11 is 1.49. The maximum absolute atomic E-state index is 11.9. The Morgan fingerprint density at radius 1 is 1.18 bits per heavy atom. The molecule has 84 valence electrons. The molecule has 0 aliphatic rings. The second-order valence-electron chi connectivity index (χ2n) is 3.61. The van der Waals surface area contributed by atoms with Gasteiger partial charge >= 0.3 is 0 Å². The van der Waals surface area contributed by atoms with Gasteiger partial charge in [0.05, 0.1) is 5.52 Å². The number of aromatic amines is 1. The van der Waals surface area contributed by atoms with Gasteiger partial charge in [-0.15, -0.1) is 11.8 Å². The Morgan fingerprint density at radius 3 is 2.71 bits per heavy atom. The number of nitrogens with zero attached hydrogens (tertiary/aromatic N) is 2. The average molecular weight is 243 g/mol. The number of fused-ring (bicyclic) bond motifs is 3. The van der Waals surface area contributed by atoms with Gasteiger partial charge in [-0.05, 0) is 12.3 Å². The van der Waals surface area contributed by atoms with Crippen LogP contribution in [0.2, 0.25) is 0 Å². The van der Waals surface area contributed by atoms with Crippen LogP contribution in [0.5, 0.6) is 0 Å². The first-order valence-corrected chi connectivity index (χ1v) is 6.33. The van der Waals surface area contributed by atoms with Gasteiger partial charge in [-0.3, -0.25) is 4.79 Å². The number of hydrogen-bond acceptors (Lipinski definition) is 4. The van der Waals surface area contributed by atoms with Crippen molar-refractivity contribution < 1.29 is 0 Å². The van der Waals surface area contributed by atoms with Crippen LogP contribution >= 0.6 is 11.8 Å². The Bertz CT molecular complexity index is 766. The number of nitrogens with one attached hydrogen (secondary N) is 1. The van der Waals surface area contributed by atoms with Crippen LogP contribution in [0.1, 0.15) is 0 Å². The molecule has 0 radical (unpaired) electrons. The minimum Gasteiger partial charge on any atom is -0.318 e. The lowest BCUT2D eigenvalue weighted by molar-refractivity contribution is 1.08. The molecule has 1 aromatic carbocycles. The Hall–Kier alpha value is -1.88. The monoisotopic (exact) mass is 243 g/mol. The van der Waals surface area contributed by atoms with E-state index in [1.165, 1.54) is 18.1 Å². The van der Waals surface area contributed by atoms with Crippen LogP contribution in [-0.2, 0) is 0 Å². The van der Waals surface area contributed by atoms with Gasteiger partial charge in [-0.1, -0.05) is 18.2 Å². The second-order valence-corrected chi connectivity index (χ2v) is 4.40. The smallest absolute Gasteiger partial charge is 0.256 e. The Balaban J connectivity index is 2.62. The van der Waals surface area contributed by atoms with Crippen LogP contribution in [0.15, 0.2) is 40.4 Å². The van der Waals surface area contributed by atoms with E-state index in [9.17, 15) is 4.79 Å². The minimum atomic E-state index is -0.0989. The Labute approximate surface area is 101 Å². The van der Waals surface area contributed by atoms with Gasteiger partial charge in [-0.25, -0.2) is 9.97 Å². The molecule has 17 heavy (non-hydrogen) atoms. The molecule has 0 bridgehead atoms. The zero-order chi connectivity index (χ0) is 11.8. The average Bonchev–Trinajstić information content (AvgIpc) is 2.39. The molecule has 5 heteroatoms. The molecule has 4 nitrogen and oxygen atoms in total. The number of thioether (sulfide) groups is 1. The summed E-state index contributed by atoms with van der Waals surface area (Å²) in [4.78, 5) is 23.2. The summed E-state index contributed by atoms with van der Waals surface area (Å²) in [6, 6.07) is 7.46. The van der Waals surface area contributed by atoms with Crippen LogP contribution in [0.25, 0.3) is 21.8 Å². The van der Waals surface area contributed by atoms with Crippen molar-refractivity contribution in [2.24, 2.45) is 0 Å². The number of rotatable bonds is 1. The molecule has 2 heterocycles. The van der Waals surface area contributed by atoms with E-state index < -0.39 is 0 Å². The minimum absolute atomic E-state index is 0.0989. The fourth-order valence-electron chi connectivity index (χ4n) is 1.91. The zero-order valence-corrected chi connectivity index (χ0v) is 9.91. The van der Waals surface area contributed by atoms with Crippen LogP contribution < -0.4 is 5.56 Å². The summed E-state index contributed by atoms with van der Waals surface area (Å²) < 4.78 is 0. The van der Waals surface area contributed by atoms with E-state index in [0.29, 0.717) is 10.9 Å². The van der Waals surface area contributed by atoms with E-state index in [0.717, 1.165) is 15.9 Å². The molecule has 0 saturated carbocycles. The number of H-pyrrole nitrogens is 1.